The molecule has 7 atom stereocenters. The summed E-state index contributed by atoms with van der Waals surface area (Å²) in [5.41, 5.74) is 1.00. The molecule has 0 saturated carbocycles. The molecule has 0 aliphatic carbocycles. The lowest BCUT2D eigenvalue weighted by molar-refractivity contribution is -0.144. The number of aliphatic hydroxyl groups excluding tert-OH is 1. The summed E-state index contributed by atoms with van der Waals surface area (Å²) in [5.74, 6) is -1.59. The van der Waals surface area contributed by atoms with Gasteiger partial charge in [0.05, 0.1) is 42.4 Å². The molecule has 0 aromatic heterocycles. The quantitative estimate of drug-likeness (QED) is 0.370. The Morgan fingerprint density at radius 1 is 1.15 bits per heavy atom. The molecular weight excluding hydrogens is 528 g/mol. The van der Waals surface area contributed by atoms with Crippen LogP contribution in [-0.2, 0) is 25.7 Å². The van der Waals surface area contributed by atoms with E-state index >= 15 is 0 Å². The largest absolute Gasteiger partial charge is 0.394 e. The third-order valence-corrected chi connectivity index (χ3v) is 11.7. The van der Waals surface area contributed by atoms with E-state index in [-0.39, 0.29) is 30.2 Å². The van der Waals surface area contributed by atoms with Gasteiger partial charge in [-0.1, -0.05) is 50.6 Å². The molecule has 4 heterocycles. The maximum Gasteiger partial charge on any atom is 0.244 e. The van der Waals surface area contributed by atoms with Crippen LogP contribution in [0.5, 0.6) is 0 Å². The summed E-state index contributed by atoms with van der Waals surface area (Å²) in [4.78, 5) is 46.2. The number of rotatable bonds is 11. The van der Waals surface area contributed by atoms with E-state index in [0.29, 0.717) is 32.7 Å². The lowest BCUT2D eigenvalue weighted by Crippen LogP contribution is -2.58. The molecule has 3 amide bonds. The van der Waals surface area contributed by atoms with Crippen molar-refractivity contribution >= 4 is 29.5 Å². The van der Waals surface area contributed by atoms with E-state index in [1.165, 1.54) is 0 Å². The molecule has 3 N–H and O–H groups in total. The summed E-state index contributed by atoms with van der Waals surface area (Å²) in [6, 6.07) is 8.56. The van der Waals surface area contributed by atoms with Gasteiger partial charge in [-0.2, -0.15) is 0 Å². The van der Waals surface area contributed by atoms with Crippen LogP contribution in [0.4, 0.5) is 0 Å². The fourth-order valence-corrected chi connectivity index (χ4v) is 9.73. The Kier molecular flexibility index (Phi) is 8.80. The Bertz CT molecular complexity index is 1090. The van der Waals surface area contributed by atoms with Crippen molar-refractivity contribution in [3.05, 3.63) is 35.9 Å². The number of thioether (sulfide) groups is 1. The molecule has 1 aromatic carbocycles. The highest BCUT2D eigenvalue weighted by Gasteiger charge is 2.77. The number of amides is 3. The van der Waals surface area contributed by atoms with E-state index < -0.39 is 33.4 Å². The number of carbonyl (C=O) groups excluding carboxylic acids is 3. The zero-order chi connectivity index (χ0) is 28.5. The number of carbonyl (C=O) groups is 3. The Morgan fingerprint density at radius 3 is 2.55 bits per heavy atom. The molecule has 220 valence electrons. The van der Waals surface area contributed by atoms with Gasteiger partial charge >= 0.3 is 0 Å². The van der Waals surface area contributed by atoms with Crippen molar-refractivity contribution in [3.8, 4) is 0 Å². The highest BCUT2D eigenvalue weighted by molar-refractivity contribution is 8.02. The molecule has 5 rings (SSSR count). The number of fused-ring (bicyclic) bond motifs is 1. The first-order valence-corrected chi connectivity index (χ1v) is 15.6. The molecule has 40 heavy (non-hydrogen) atoms. The predicted octanol–water partition coefficient (Wildman–Crippen LogP) is 1.64. The standard InChI is InChI=1S/C30H44N4O5S/c1-4-20(2)22(19-35)34-25(27(37)31-12-13-33-14-16-39-17-15-33)30-11-10-29(3,40-30)23(24(30)28(34)38)26(36)32-18-21-8-6-5-7-9-21/h5-9,20,22-25,35H,4,10-19H2,1-3H3,(H,31,37)(H,32,36)/t20-,22-,23+,24-,25?,29-,30?/m0/s1. The van der Waals surface area contributed by atoms with Crippen LogP contribution in [0.1, 0.15) is 45.6 Å². The van der Waals surface area contributed by atoms with Crippen molar-refractivity contribution in [2.45, 2.75) is 68.2 Å². The van der Waals surface area contributed by atoms with Crippen LogP contribution in [0.2, 0.25) is 0 Å². The van der Waals surface area contributed by atoms with E-state index in [9.17, 15) is 19.5 Å². The summed E-state index contributed by atoms with van der Waals surface area (Å²) in [6.07, 6.45) is 2.23. The van der Waals surface area contributed by atoms with Crippen LogP contribution in [0.3, 0.4) is 0 Å². The van der Waals surface area contributed by atoms with E-state index in [4.69, 9.17) is 4.74 Å². The molecule has 1 aromatic rings. The maximum atomic E-state index is 14.4. The lowest BCUT2D eigenvalue weighted by Gasteiger charge is -2.39. The third kappa shape index (κ3) is 5.16. The second kappa shape index (κ2) is 12.0. The van der Waals surface area contributed by atoms with E-state index in [1.807, 2.05) is 44.2 Å². The summed E-state index contributed by atoms with van der Waals surface area (Å²) in [7, 11) is 0. The van der Waals surface area contributed by atoms with Crippen LogP contribution >= 0.6 is 11.8 Å². The van der Waals surface area contributed by atoms with Crippen molar-refractivity contribution in [1.82, 2.24) is 20.4 Å². The molecule has 4 aliphatic heterocycles. The van der Waals surface area contributed by atoms with Gasteiger partial charge in [0.2, 0.25) is 17.7 Å². The van der Waals surface area contributed by atoms with Crippen LogP contribution in [0.15, 0.2) is 30.3 Å². The number of morpholine rings is 1. The predicted molar refractivity (Wildman–Crippen MR) is 154 cm³/mol. The third-order valence-electron chi connectivity index (χ3n) is 9.73. The molecule has 10 heteroatoms. The molecule has 4 aliphatic rings. The van der Waals surface area contributed by atoms with Crippen molar-refractivity contribution in [1.29, 1.82) is 0 Å². The van der Waals surface area contributed by atoms with Gasteiger partial charge in [-0.05, 0) is 31.2 Å². The summed E-state index contributed by atoms with van der Waals surface area (Å²) < 4.78 is 4.32. The first kappa shape index (κ1) is 29.4. The van der Waals surface area contributed by atoms with Crippen molar-refractivity contribution in [2.24, 2.45) is 17.8 Å². The van der Waals surface area contributed by atoms with E-state index in [1.54, 1.807) is 16.7 Å². The molecular formula is C30H44N4O5S. The molecule has 2 bridgehead atoms. The number of ether oxygens (including phenoxy) is 1. The minimum Gasteiger partial charge on any atom is -0.394 e. The summed E-state index contributed by atoms with van der Waals surface area (Å²) >= 11 is 1.67. The maximum absolute atomic E-state index is 14.4. The number of nitrogens with one attached hydrogen (secondary N) is 2. The first-order valence-electron chi connectivity index (χ1n) is 14.8. The van der Waals surface area contributed by atoms with Gasteiger partial charge in [0.15, 0.2) is 0 Å². The zero-order valence-corrected chi connectivity index (χ0v) is 24.8. The van der Waals surface area contributed by atoms with Crippen LogP contribution in [0.25, 0.3) is 0 Å². The topological polar surface area (TPSA) is 111 Å². The van der Waals surface area contributed by atoms with Crippen molar-refractivity contribution < 1.29 is 24.2 Å². The highest BCUT2D eigenvalue weighted by atomic mass is 32.2. The van der Waals surface area contributed by atoms with Crippen LogP contribution in [-0.4, -0.2) is 100 Å². The molecule has 2 unspecified atom stereocenters. The van der Waals surface area contributed by atoms with Crippen molar-refractivity contribution in [3.63, 3.8) is 0 Å². The van der Waals surface area contributed by atoms with Gasteiger partial charge in [-0.25, -0.2) is 0 Å². The lowest BCUT2D eigenvalue weighted by atomic mass is 9.66. The normalized spacial score (nSPS) is 33.0. The smallest absolute Gasteiger partial charge is 0.244 e. The van der Waals surface area contributed by atoms with Gasteiger partial charge < -0.3 is 25.4 Å². The summed E-state index contributed by atoms with van der Waals surface area (Å²) in [5, 5.41) is 16.7. The average Bonchev–Trinajstić information content (AvgIpc) is 3.54. The van der Waals surface area contributed by atoms with Crippen LogP contribution < -0.4 is 10.6 Å². The number of benzene rings is 1. The Labute approximate surface area is 241 Å². The Morgan fingerprint density at radius 2 is 1.88 bits per heavy atom. The average molecular weight is 573 g/mol. The first-order chi connectivity index (χ1) is 19.3. The van der Waals surface area contributed by atoms with Gasteiger partial charge in [0.1, 0.15) is 6.04 Å². The number of hydrogen-bond donors (Lipinski definition) is 3. The number of nitrogens with zero attached hydrogens (tertiary/aromatic N) is 2. The minimum atomic E-state index is -0.723. The van der Waals surface area contributed by atoms with Gasteiger partial charge in [-0.3, -0.25) is 19.3 Å². The second-order valence-corrected chi connectivity index (χ2v) is 14.0. The SMILES string of the molecule is CC[C@H](C)[C@H](CO)N1C(=O)[C@@H]2[C@H](C(=O)NCc3ccccc3)[C@]3(C)CCC2(S3)C1C(=O)NCCN1CCOCC1. The van der Waals surface area contributed by atoms with Crippen LogP contribution in [0, 0.1) is 17.8 Å². The second-order valence-electron chi connectivity index (χ2n) is 12.1. The van der Waals surface area contributed by atoms with Gasteiger partial charge in [0, 0.05) is 37.5 Å². The molecule has 0 radical (unpaired) electrons. The van der Waals surface area contributed by atoms with E-state index in [2.05, 4.69) is 22.5 Å². The van der Waals surface area contributed by atoms with E-state index in [0.717, 1.165) is 38.0 Å². The molecule has 9 nitrogen and oxygen atoms in total. The molecule has 4 saturated heterocycles. The Hall–Kier alpha value is -2.14. The molecule has 4 fully saturated rings. The fourth-order valence-electron chi connectivity index (χ4n) is 7.39. The monoisotopic (exact) mass is 572 g/mol. The number of hydrogen-bond acceptors (Lipinski definition) is 7. The number of likely N-dealkylation sites (tertiary alicyclic amines) is 1. The molecule has 1 spiro atoms. The minimum absolute atomic E-state index is 0.0102. The zero-order valence-electron chi connectivity index (χ0n) is 23.9. The fraction of sp³-hybridized carbons (Fsp3) is 0.700. The van der Waals surface area contributed by atoms with Gasteiger partial charge in [-0.15, -0.1) is 11.8 Å². The number of aliphatic hydroxyl groups is 1. The highest BCUT2D eigenvalue weighted by Crippen LogP contribution is 2.71. The van der Waals surface area contributed by atoms with Crippen molar-refractivity contribution in [2.75, 3.05) is 46.0 Å². The van der Waals surface area contributed by atoms with Gasteiger partial charge in [0.25, 0.3) is 0 Å². The Balaban J connectivity index is 1.41. The summed E-state index contributed by atoms with van der Waals surface area (Å²) in [6.45, 7) is 10.6.